The van der Waals surface area contributed by atoms with Crippen molar-refractivity contribution in [1.29, 1.82) is 0 Å². The standard InChI is InChI=1S/C19H27N3O4/c1-4-14(3)20-17(23)15-7-6-8-16(13-15)18(24)21-9-11-22(12-10-21)19(25)26-5-2/h6-8,13-14H,4-5,9-12H2,1-3H3,(H,20,23). The van der Waals surface area contributed by atoms with Crippen LogP contribution in [0, 0.1) is 0 Å². The van der Waals surface area contributed by atoms with Crippen molar-refractivity contribution in [3.8, 4) is 0 Å². The Kier molecular flexibility index (Phi) is 7.00. The normalized spacial score (nSPS) is 15.3. The number of nitrogens with zero attached hydrogens (tertiary/aromatic N) is 2. The van der Waals surface area contributed by atoms with Crippen molar-refractivity contribution in [3.05, 3.63) is 35.4 Å². The van der Waals surface area contributed by atoms with Crippen molar-refractivity contribution < 1.29 is 19.1 Å². The van der Waals surface area contributed by atoms with E-state index in [1.165, 1.54) is 0 Å². The fraction of sp³-hybridized carbons (Fsp3) is 0.526. The van der Waals surface area contributed by atoms with Crippen molar-refractivity contribution in [2.75, 3.05) is 32.8 Å². The van der Waals surface area contributed by atoms with Gasteiger partial charge in [0, 0.05) is 43.3 Å². The molecule has 2 rings (SSSR count). The van der Waals surface area contributed by atoms with Crippen molar-refractivity contribution in [2.24, 2.45) is 0 Å². The van der Waals surface area contributed by atoms with Gasteiger partial charge in [-0.3, -0.25) is 9.59 Å². The number of rotatable bonds is 5. The molecular weight excluding hydrogens is 334 g/mol. The van der Waals surface area contributed by atoms with Crippen LogP contribution in [-0.4, -0.2) is 66.5 Å². The van der Waals surface area contributed by atoms with Crippen molar-refractivity contribution in [1.82, 2.24) is 15.1 Å². The van der Waals surface area contributed by atoms with E-state index in [4.69, 9.17) is 4.74 Å². The van der Waals surface area contributed by atoms with E-state index in [1.807, 2.05) is 13.8 Å². The number of piperazine rings is 1. The molecule has 26 heavy (non-hydrogen) atoms. The first-order chi connectivity index (χ1) is 12.5. The molecule has 7 heteroatoms. The van der Waals surface area contributed by atoms with Crippen LogP contribution in [0.2, 0.25) is 0 Å². The molecule has 1 atom stereocenters. The molecule has 7 nitrogen and oxygen atoms in total. The molecule has 1 saturated heterocycles. The van der Waals surface area contributed by atoms with Crippen LogP contribution in [-0.2, 0) is 4.74 Å². The van der Waals surface area contributed by atoms with Gasteiger partial charge in [-0.25, -0.2) is 4.79 Å². The van der Waals surface area contributed by atoms with Gasteiger partial charge in [0.25, 0.3) is 11.8 Å². The van der Waals surface area contributed by atoms with Crippen LogP contribution in [0.5, 0.6) is 0 Å². The second-order valence-electron chi connectivity index (χ2n) is 6.34. The Balaban J connectivity index is 1.99. The minimum absolute atomic E-state index is 0.0813. The molecule has 1 aromatic rings. The average molecular weight is 361 g/mol. The zero-order valence-corrected chi connectivity index (χ0v) is 15.7. The number of carbonyl (C=O) groups is 3. The lowest BCUT2D eigenvalue weighted by Crippen LogP contribution is -2.50. The molecular formula is C19H27N3O4. The second kappa shape index (κ2) is 9.22. The number of amides is 3. The molecule has 0 aliphatic carbocycles. The van der Waals surface area contributed by atoms with E-state index in [0.29, 0.717) is 43.9 Å². The fourth-order valence-corrected chi connectivity index (χ4v) is 2.69. The van der Waals surface area contributed by atoms with Gasteiger partial charge >= 0.3 is 6.09 Å². The molecule has 1 aliphatic heterocycles. The van der Waals surface area contributed by atoms with Gasteiger partial charge in [0.2, 0.25) is 0 Å². The van der Waals surface area contributed by atoms with Gasteiger partial charge in [-0.2, -0.15) is 0 Å². The van der Waals surface area contributed by atoms with Crippen LogP contribution in [0.1, 0.15) is 47.9 Å². The molecule has 0 radical (unpaired) electrons. The number of hydrogen-bond donors (Lipinski definition) is 1. The first-order valence-electron chi connectivity index (χ1n) is 9.08. The largest absolute Gasteiger partial charge is 0.450 e. The van der Waals surface area contributed by atoms with E-state index in [-0.39, 0.29) is 23.9 Å². The fourth-order valence-electron chi connectivity index (χ4n) is 2.69. The van der Waals surface area contributed by atoms with Gasteiger partial charge < -0.3 is 19.9 Å². The third-order valence-corrected chi connectivity index (χ3v) is 4.45. The molecule has 1 heterocycles. The number of hydrogen-bond acceptors (Lipinski definition) is 4. The Morgan fingerprint density at radius 1 is 1.08 bits per heavy atom. The summed E-state index contributed by atoms with van der Waals surface area (Å²) in [5.74, 6) is -0.312. The predicted molar refractivity (Wildman–Crippen MR) is 98.2 cm³/mol. The first-order valence-corrected chi connectivity index (χ1v) is 9.08. The van der Waals surface area contributed by atoms with E-state index in [2.05, 4.69) is 5.32 Å². The molecule has 0 spiro atoms. The highest BCUT2D eigenvalue weighted by molar-refractivity contribution is 5.99. The van der Waals surface area contributed by atoms with E-state index in [0.717, 1.165) is 6.42 Å². The molecule has 1 N–H and O–H groups in total. The molecule has 1 aliphatic rings. The maximum Gasteiger partial charge on any atom is 0.409 e. The van der Waals surface area contributed by atoms with Gasteiger partial charge in [-0.1, -0.05) is 13.0 Å². The zero-order chi connectivity index (χ0) is 19.1. The van der Waals surface area contributed by atoms with Crippen LogP contribution in [0.15, 0.2) is 24.3 Å². The minimum atomic E-state index is -0.344. The minimum Gasteiger partial charge on any atom is -0.450 e. The monoisotopic (exact) mass is 361 g/mol. The Bertz CT molecular complexity index is 654. The Morgan fingerprint density at radius 3 is 2.31 bits per heavy atom. The summed E-state index contributed by atoms with van der Waals surface area (Å²) in [7, 11) is 0. The second-order valence-corrected chi connectivity index (χ2v) is 6.34. The highest BCUT2D eigenvalue weighted by Gasteiger charge is 2.25. The van der Waals surface area contributed by atoms with Crippen molar-refractivity contribution >= 4 is 17.9 Å². The van der Waals surface area contributed by atoms with Crippen LogP contribution in [0.3, 0.4) is 0 Å². The smallest absolute Gasteiger partial charge is 0.409 e. The van der Waals surface area contributed by atoms with E-state index in [1.54, 1.807) is 41.0 Å². The number of benzene rings is 1. The van der Waals surface area contributed by atoms with Crippen LogP contribution in [0.25, 0.3) is 0 Å². The van der Waals surface area contributed by atoms with E-state index in [9.17, 15) is 14.4 Å². The van der Waals surface area contributed by atoms with Crippen molar-refractivity contribution in [3.63, 3.8) is 0 Å². The molecule has 142 valence electrons. The number of nitrogens with one attached hydrogen (secondary N) is 1. The lowest BCUT2D eigenvalue weighted by Gasteiger charge is -2.34. The maximum atomic E-state index is 12.7. The third kappa shape index (κ3) is 4.97. The molecule has 0 aromatic heterocycles. The molecule has 0 bridgehead atoms. The predicted octanol–water partition coefficient (Wildman–Crippen LogP) is 2.13. The topological polar surface area (TPSA) is 79.0 Å². The Hall–Kier alpha value is -2.57. The third-order valence-electron chi connectivity index (χ3n) is 4.45. The molecule has 1 fully saturated rings. The van der Waals surface area contributed by atoms with Crippen molar-refractivity contribution in [2.45, 2.75) is 33.2 Å². The SMILES string of the molecule is CCOC(=O)N1CCN(C(=O)c2cccc(C(=O)NC(C)CC)c2)CC1. The van der Waals surface area contributed by atoms with Gasteiger partial charge in [-0.15, -0.1) is 0 Å². The summed E-state index contributed by atoms with van der Waals surface area (Å²) in [4.78, 5) is 40.0. The summed E-state index contributed by atoms with van der Waals surface area (Å²) in [6.07, 6.45) is 0.498. The highest BCUT2D eigenvalue weighted by Crippen LogP contribution is 2.12. The number of ether oxygens (including phenoxy) is 1. The molecule has 1 unspecified atom stereocenters. The lowest BCUT2D eigenvalue weighted by molar-refractivity contribution is 0.0570. The Morgan fingerprint density at radius 2 is 1.69 bits per heavy atom. The summed E-state index contributed by atoms with van der Waals surface area (Å²) in [5, 5.41) is 2.90. The average Bonchev–Trinajstić information content (AvgIpc) is 2.67. The quantitative estimate of drug-likeness (QED) is 0.871. The summed E-state index contributed by atoms with van der Waals surface area (Å²) < 4.78 is 4.98. The first kappa shape index (κ1) is 19.8. The lowest BCUT2D eigenvalue weighted by atomic mass is 10.1. The van der Waals surface area contributed by atoms with E-state index >= 15 is 0 Å². The van der Waals surface area contributed by atoms with Gasteiger partial charge in [0.15, 0.2) is 0 Å². The Labute approximate surface area is 154 Å². The van der Waals surface area contributed by atoms with Crippen LogP contribution >= 0.6 is 0 Å². The van der Waals surface area contributed by atoms with Gasteiger partial charge in [-0.05, 0) is 38.5 Å². The molecule has 0 saturated carbocycles. The van der Waals surface area contributed by atoms with Crippen LogP contribution < -0.4 is 5.32 Å². The summed E-state index contributed by atoms with van der Waals surface area (Å²) >= 11 is 0. The molecule has 1 aromatic carbocycles. The number of carbonyl (C=O) groups excluding carboxylic acids is 3. The van der Waals surface area contributed by atoms with Gasteiger partial charge in [0.1, 0.15) is 0 Å². The van der Waals surface area contributed by atoms with Crippen LogP contribution in [0.4, 0.5) is 4.79 Å². The zero-order valence-electron chi connectivity index (χ0n) is 15.7. The summed E-state index contributed by atoms with van der Waals surface area (Å²) in [5.41, 5.74) is 0.952. The summed E-state index contributed by atoms with van der Waals surface area (Å²) in [6, 6.07) is 6.83. The van der Waals surface area contributed by atoms with E-state index < -0.39 is 0 Å². The summed E-state index contributed by atoms with van der Waals surface area (Å²) in [6.45, 7) is 7.82. The highest BCUT2D eigenvalue weighted by atomic mass is 16.6. The molecule has 3 amide bonds. The van der Waals surface area contributed by atoms with Gasteiger partial charge in [0.05, 0.1) is 6.61 Å². The maximum absolute atomic E-state index is 12.7.